The number of hydrogen-bond donors (Lipinski definition) is 0. The first-order valence-electron chi connectivity index (χ1n) is 8.39. The van der Waals surface area contributed by atoms with E-state index in [0.29, 0.717) is 12.6 Å². The van der Waals surface area contributed by atoms with Crippen molar-refractivity contribution in [1.29, 1.82) is 0 Å². The van der Waals surface area contributed by atoms with Gasteiger partial charge in [0.1, 0.15) is 5.60 Å². The maximum absolute atomic E-state index is 12.3. The van der Waals surface area contributed by atoms with E-state index in [1.165, 1.54) is 0 Å². The predicted octanol–water partition coefficient (Wildman–Crippen LogP) is 3.47. The van der Waals surface area contributed by atoms with Gasteiger partial charge in [0.25, 0.3) is 0 Å². The number of rotatable bonds is 3. The summed E-state index contributed by atoms with van der Waals surface area (Å²) in [5.74, 6) is 0. The molecule has 0 bridgehead atoms. The van der Waals surface area contributed by atoms with Crippen LogP contribution in [0.2, 0.25) is 0 Å². The Bertz CT molecular complexity index is 513. The van der Waals surface area contributed by atoms with E-state index < -0.39 is 5.60 Å². The van der Waals surface area contributed by atoms with Gasteiger partial charge in [-0.3, -0.25) is 9.88 Å². The fraction of sp³-hybridized carbons (Fsp3) is 0.667. The fourth-order valence-corrected chi connectivity index (χ4v) is 2.93. The summed E-state index contributed by atoms with van der Waals surface area (Å²) in [7, 11) is 2.11. The van der Waals surface area contributed by atoms with Gasteiger partial charge in [0.15, 0.2) is 0 Å². The molecule has 1 saturated heterocycles. The highest BCUT2D eigenvalue weighted by Gasteiger charge is 2.31. The monoisotopic (exact) mass is 319 g/mol. The van der Waals surface area contributed by atoms with E-state index in [0.717, 1.165) is 25.1 Å². The summed E-state index contributed by atoms with van der Waals surface area (Å²) in [6, 6.07) is 6.55. The zero-order chi connectivity index (χ0) is 17.0. The third-order valence-electron chi connectivity index (χ3n) is 4.35. The van der Waals surface area contributed by atoms with Crippen LogP contribution < -0.4 is 0 Å². The number of pyridine rings is 1. The minimum Gasteiger partial charge on any atom is -0.444 e. The van der Waals surface area contributed by atoms with Gasteiger partial charge in [-0.05, 0) is 59.7 Å². The molecule has 0 aromatic carbocycles. The number of piperidine rings is 1. The van der Waals surface area contributed by atoms with E-state index in [9.17, 15) is 4.79 Å². The lowest BCUT2D eigenvalue weighted by Gasteiger charge is -2.40. The van der Waals surface area contributed by atoms with Crippen molar-refractivity contribution in [3.63, 3.8) is 0 Å². The molecule has 1 aromatic heterocycles. The van der Waals surface area contributed by atoms with Crippen molar-refractivity contribution in [3.8, 4) is 0 Å². The van der Waals surface area contributed by atoms with Crippen LogP contribution in [0.15, 0.2) is 24.4 Å². The van der Waals surface area contributed by atoms with Gasteiger partial charge in [-0.25, -0.2) is 4.79 Å². The number of ether oxygens (including phenoxy) is 1. The first-order valence-corrected chi connectivity index (χ1v) is 8.39. The van der Waals surface area contributed by atoms with E-state index in [1.807, 2.05) is 44.0 Å². The van der Waals surface area contributed by atoms with Gasteiger partial charge in [0.2, 0.25) is 0 Å². The van der Waals surface area contributed by atoms with Crippen molar-refractivity contribution in [2.75, 3.05) is 20.1 Å². The molecule has 0 aliphatic carbocycles. The predicted molar refractivity (Wildman–Crippen MR) is 91.2 cm³/mol. The van der Waals surface area contributed by atoms with Crippen LogP contribution in [0.25, 0.3) is 0 Å². The number of aromatic nitrogens is 1. The largest absolute Gasteiger partial charge is 0.444 e. The lowest BCUT2D eigenvalue weighted by molar-refractivity contribution is 0.00959. The van der Waals surface area contributed by atoms with Gasteiger partial charge in [0.05, 0.1) is 5.69 Å². The van der Waals surface area contributed by atoms with Crippen LogP contribution in [0, 0.1) is 0 Å². The van der Waals surface area contributed by atoms with Crippen molar-refractivity contribution >= 4 is 6.09 Å². The first kappa shape index (κ1) is 17.7. The Kier molecular flexibility index (Phi) is 5.63. The Labute approximate surface area is 139 Å². The van der Waals surface area contributed by atoms with Gasteiger partial charge in [-0.1, -0.05) is 6.07 Å². The molecule has 1 aliphatic rings. The number of carbonyl (C=O) groups is 1. The molecule has 5 nitrogen and oxygen atoms in total. The topological polar surface area (TPSA) is 45.7 Å². The number of hydrogen-bond acceptors (Lipinski definition) is 4. The molecule has 1 aliphatic heterocycles. The SMILES string of the molecule is CC(c1ccccn1)N(C)C1CCCN(C(=O)OC(C)(C)C)C1. The molecule has 2 atom stereocenters. The highest BCUT2D eigenvalue weighted by molar-refractivity contribution is 5.68. The number of nitrogens with zero attached hydrogens (tertiary/aromatic N) is 3. The minimum absolute atomic E-state index is 0.207. The lowest BCUT2D eigenvalue weighted by atomic mass is 10.0. The van der Waals surface area contributed by atoms with Crippen LogP contribution in [0.1, 0.15) is 52.3 Å². The van der Waals surface area contributed by atoms with Crippen LogP contribution in [-0.4, -0.2) is 52.7 Å². The maximum Gasteiger partial charge on any atom is 0.410 e. The molecule has 2 rings (SSSR count). The Morgan fingerprint density at radius 1 is 1.43 bits per heavy atom. The average Bonchev–Trinajstić information content (AvgIpc) is 2.53. The molecule has 2 unspecified atom stereocenters. The highest BCUT2D eigenvalue weighted by atomic mass is 16.6. The molecular formula is C18H29N3O2. The molecule has 0 radical (unpaired) electrons. The molecule has 2 heterocycles. The minimum atomic E-state index is -0.447. The van der Waals surface area contributed by atoms with Crippen LogP contribution in [0.5, 0.6) is 0 Å². The van der Waals surface area contributed by atoms with Crippen molar-refractivity contribution in [2.45, 2.75) is 58.2 Å². The maximum atomic E-state index is 12.3. The second-order valence-electron chi connectivity index (χ2n) is 7.32. The molecule has 5 heteroatoms. The number of carbonyl (C=O) groups excluding carboxylic acids is 1. The van der Waals surface area contributed by atoms with Gasteiger partial charge >= 0.3 is 6.09 Å². The smallest absolute Gasteiger partial charge is 0.410 e. The van der Waals surface area contributed by atoms with Gasteiger partial charge in [-0.15, -0.1) is 0 Å². The zero-order valence-corrected chi connectivity index (χ0v) is 15.0. The summed E-state index contributed by atoms with van der Waals surface area (Å²) in [6.45, 7) is 9.36. The van der Waals surface area contributed by atoms with Gasteiger partial charge in [0, 0.05) is 31.4 Å². The van der Waals surface area contributed by atoms with Gasteiger partial charge in [-0.2, -0.15) is 0 Å². The first-order chi connectivity index (χ1) is 10.8. The Hall–Kier alpha value is -1.62. The zero-order valence-electron chi connectivity index (χ0n) is 15.0. The van der Waals surface area contributed by atoms with Crippen LogP contribution in [-0.2, 0) is 4.74 Å². The van der Waals surface area contributed by atoms with Crippen LogP contribution >= 0.6 is 0 Å². The normalized spacial score (nSPS) is 20.4. The second-order valence-corrected chi connectivity index (χ2v) is 7.32. The molecule has 0 N–H and O–H groups in total. The van der Waals surface area contributed by atoms with Crippen LogP contribution in [0.3, 0.4) is 0 Å². The number of likely N-dealkylation sites (tertiary alicyclic amines) is 1. The quantitative estimate of drug-likeness (QED) is 0.856. The van der Waals surface area contributed by atoms with Crippen molar-refractivity contribution in [3.05, 3.63) is 30.1 Å². The molecule has 0 spiro atoms. The molecule has 0 saturated carbocycles. The van der Waals surface area contributed by atoms with E-state index in [1.54, 1.807) is 0 Å². The standard InChI is InChI=1S/C18H29N3O2/c1-14(16-10-6-7-11-19-16)20(5)15-9-8-12-21(13-15)17(22)23-18(2,3)4/h6-7,10-11,14-15H,8-9,12-13H2,1-5H3. The number of likely N-dealkylation sites (N-methyl/N-ethyl adjacent to an activating group) is 1. The van der Waals surface area contributed by atoms with E-state index in [2.05, 4.69) is 29.9 Å². The van der Waals surface area contributed by atoms with Crippen molar-refractivity contribution < 1.29 is 9.53 Å². The van der Waals surface area contributed by atoms with E-state index >= 15 is 0 Å². The summed E-state index contributed by atoms with van der Waals surface area (Å²) in [6.07, 6.45) is 3.71. The van der Waals surface area contributed by atoms with Crippen molar-refractivity contribution in [2.24, 2.45) is 0 Å². The molecule has 128 valence electrons. The van der Waals surface area contributed by atoms with Gasteiger partial charge < -0.3 is 9.64 Å². The average molecular weight is 319 g/mol. The molecule has 1 fully saturated rings. The summed E-state index contributed by atoms with van der Waals surface area (Å²) < 4.78 is 5.51. The summed E-state index contributed by atoms with van der Waals surface area (Å²) in [4.78, 5) is 20.9. The van der Waals surface area contributed by atoms with E-state index in [4.69, 9.17) is 4.74 Å². The lowest BCUT2D eigenvalue weighted by Crippen LogP contribution is -2.50. The third kappa shape index (κ3) is 4.93. The molecule has 1 amide bonds. The molecular weight excluding hydrogens is 290 g/mol. The highest BCUT2D eigenvalue weighted by Crippen LogP contribution is 2.24. The summed E-state index contributed by atoms with van der Waals surface area (Å²) >= 11 is 0. The van der Waals surface area contributed by atoms with Crippen molar-refractivity contribution in [1.82, 2.24) is 14.8 Å². The van der Waals surface area contributed by atoms with Crippen LogP contribution in [0.4, 0.5) is 4.79 Å². The Morgan fingerprint density at radius 2 is 2.17 bits per heavy atom. The fourth-order valence-electron chi connectivity index (χ4n) is 2.93. The third-order valence-corrected chi connectivity index (χ3v) is 4.35. The summed E-state index contributed by atoms with van der Waals surface area (Å²) in [5.41, 5.74) is 0.612. The molecule has 1 aromatic rings. The molecule has 23 heavy (non-hydrogen) atoms. The Morgan fingerprint density at radius 3 is 2.78 bits per heavy atom. The van der Waals surface area contributed by atoms with E-state index in [-0.39, 0.29) is 12.1 Å². The Balaban J connectivity index is 1.99. The number of amides is 1. The second kappa shape index (κ2) is 7.30. The summed E-state index contributed by atoms with van der Waals surface area (Å²) in [5, 5.41) is 0.